The largest absolute Gasteiger partial charge is 0.508 e. The number of halogens is 3. The highest BCUT2D eigenvalue weighted by Gasteiger charge is 2.31. The van der Waals surface area contributed by atoms with E-state index in [9.17, 15) is 23.1 Å². The van der Waals surface area contributed by atoms with Gasteiger partial charge in [0.2, 0.25) is 0 Å². The molecule has 0 saturated carbocycles. The fourth-order valence-electron chi connectivity index (χ4n) is 1.79. The fourth-order valence-corrected chi connectivity index (χ4v) is 1.79. The highest BCUT2D eigenvalue weighted by Crippen LogP contribution is 2.34. The van der Waals surface area contributed by atoms with Crippen molar-refractivity contribution in [2.24, 2.45) is 0 Å². The van der Waals surface area contributed by atoms with Gasteiger partial charge in [-0.05, 0) is 32.0 Å². The summed E-state index contributed by atoms with van der Waals surface area (Å²) < 4.78 is 44.3. The number of carbonyl (C=O) groups excluding carboxylic acids is 1. The predicted molar refractivity (Wildman–Crippen MR) is 78.7 cm³/mol. The summed E-state index contributed by atoms with van der Waals surface area (Å²) in [5.41, 5.74) is -1.01. The van der Waals surface area contributed by atoms with Crippen LogP contribution < -0.4 is 0 Å². The second-order valence-corrected chi connectivity index (χ2v) is 5.12. The molecule has 1 aromatic carbocycles. The molecule has 1 N–H and O–H groups in total. The maximum atomic E-state index is 12.8. The molecule has 1 heterocycles. The summed E-state index contributed by atoms with van der Waals surface area (Å²) in [5, 5.41) is 13.4. The van der Waals surface area contributed by atoms with E-state index >= 15 is 0 Å². The number of aromatic nitrogens is 3. The van der Waals surface area contributed by atoms with Gasteiger partial charge in [-0.3, -0.25) is 0 Å². The summed E-state index contributed by atoms with van der Waals surface area (Å²) in [6.07, 6.45) is -1.29. The first kappa shape index (κ1) is 17.5. The molecule has 0 fully saturated rings. The number of ether oxygens (including phenoxy) is 1. The van der Waals surface area contributed by atoms with Gasteiger partial charge in [0.15, 0.2) is 5.82 Å². The summed E-state index contributed by atoms with van der Waals surface area (Å²) in [4.78, 5) is 15.2. The molecule has 128 valence electrons. The monoisotopic (exact) mass is 341 g/mol. The van der Waals surface area contributed by atoms with Crippen molar-refractivity contribution in [1.82, 2.24) is 14.8 Å². The van der Waals surface area contributed by atoms with Crippen LogP contribution in [0.3, 0.4) is 0 Å². The van der Waals surface area contributed by atoms with Crippen LogP contribution in [0, 0.1) is 0 Å². The zero-order valence-electron chi connectivity index (χ0n) is 12.8. The van der Waals surface area contributed by atoms with Gasteiger partial charge in [0.25, 0.3) is 0 Å². The Labute approximate surface area is 135 Å². The zero-order chi connectivity index (χ0) is 17.9. The summed E-state index contributed by atoms with van der Waals surface area (Å²) >= 11 is 0. The number of phenols is 1. The van der Waals surface area contributed by atoms with Crippen LogP contribution >= 0.6 is 0 Å². The summed E-state index contributed by atoms with van der Waals surface area (Å²) in [7, 11) is 0. The van der Waals surface area contributed by atoms with Gasteiger partial charge < -0.3 is 9.84 Å². The molecule has 0 spiro atoms. The molecule has 9 heteroatoms. The number of hydrogen-bond acceptors (Lipinski definition) is 5. The van der Waals surface area contributed by atoms with Crippen LogP contribution in [0.5, 0.6) is 5.75 Å². The number of benzene rings is 1. The summed E-state index contributed by atoms with van der Waals surface area (Å²) in [6.45, 7) is 3.39. The van der Waals surface area contributed by atoms with E-state index < -0.39 is 23.5 Å². The molecule has 0 atom stereocenters. The Hall–Kier alpha value is -2.84. The lowest BCUT2D eigenvalue weighted by atomic mass is 10.1. The van der Waals surface area contributed by atoms with Crippen LogP contribution in [0.25, 0.3) is 17.6 Å². The molecular formula is C15H14F3N3O3. The molecule has 0 aliphatic heterocycles. The van der Waals surface area contributed by atoms with E-state index in [2.05, 4.69) is 10.1 Å². The van der Waals surface area contributed by atoms with Crippen LogP contribution in [0.1, 0.15) is 19.4 Å². The number of phenolic OH excluding ortho intramolecular Hbond substituents is 1. The van der Waals surface area contributed by atoms with E-state index in [0.717, 1.165) is 22.9 Å². The zero-order valence-corrected chi connectivity index (χ0v) is 12.8. The van der Waals surface area contributed by atoms with Gasteiger partial charge >= 0.3 is 12.1 Å². The van der Waals surface area contributed by atoms with Crippen molar-refractivity contribution in [2.75, 3.05) is 0 Å². The van der Waals surface area contributed by atoms with Crippen molar-refractivity contribution >= 4 is 12.2 Å². The third kappa shape index (κ3) is 4.58. The lowest BCUT2D eigenvalue weighted by Gasteiger charge is -2.08. The molecular weight excluding hydrogens is 327 g/mol. The van der Waals surface area contributed by atoms with Crippen LogP contribution in [-0.4, -0.2) is 31.9 Å². The molecule has 0 aliphatic carbocycles. The van der Waals surface area contributed by atoms with Gasteiger partial charge in [-0.1, -0.05) is 0 Å². The van der Waals surface area contributed by atoms with Gasteiger partial charge in [0.05, 0.1) is 11.7 Å². The summed E-state index contributed by atoms with van der Waals surface area (Å²) in [5.74, 6) is -1.16. The maximum Gasteiger partial charge on any atom is 0.416 e. The Kier molecular flexibility index (Phi) is 4.91. The van der Waals surface area contributed by atoms with Crippen LogP contribution in [0.4, 0.5) is 13.2 Å². The fraction of sp³-hybridized carbons (Fsp3) is 0.267. The minimum Gasteiger partial charge on any atom is -0.508 e. The first-order valence-corrected chi connectivity index (χ1v) is 6.87. The average molecular weight is 341 g/mol. The SMILES string of the molecule is CC(C)OC(=O)C=Cn1cnc(-c2cc(O)cc(C(F)(F)F)c2)n1. The molecule has 0 radical (unpaired) electrons. The third-order valence-corrected chi connectivity index (χ3v) is 2.73. The lowest BCUT2D eigenvalue weighted by Crippen LogP contribution is -2.08. The van der Waals surface area contributed by atoms with E-state index in [-0.39, 0.29) is 17.5 Å². The van der Waals surface area contributed by atoms with Crippen molar-refractivity contribution < 1.29 is 27.8 Å². The first-order chi connectivity index (χ1) is 11.1. The number of rotatable bonds is 4. The molecule has 2 rings (SSSR count). The quantitative estimate of drug-likeness (QED) is 0.683. The molecule has 0 aliphatic rings. The van der Waals surface area contributed by atoms with E-state index in [1.54, 1.807) is 13.8 Å². The van der Waals surface area contributed by atoms with E-state index in [1.807, 2.05) is 0 Å². The van der Waals surface area contributed by atoms with Crippen LogP contribution in [0.2, 0.25) is 0 Å². The molecule has 1 aromatic heterocycles. The third-order valence-electron chi connectivity index (χ3n) is 2.73. The van der Waals surface area contributed by atoms with Crippen molar-refractivity contribution in [3.05, 3.63) is 36.2 Å². The van der Waals surface area contributed by atoms with Crippen molar-refractivity contribution in [1.29, 1.82) is 0 Å². The Morgan fingerprint density at radius 1 is 1.33 bits per heavy atom. The van der Waals surface area contributed by atoms with Crippen LogP contribution in [0.15, 0.2) is 30.6 Å². The smallest absolute Gasteiger partial charge is 0.416 e. The first-order valence-electron chi connectivity index (χ1n) is 6.87. The van der Waals surface area contributed by atoms with Gasteiger partial charge in [-0.15, -0.1) is 5.10 Å². The Balaban J connectivity index is 2.23. The lowest BCUT2D eigenvalue weighted by molar-refractivity contribution is -0.141. The second kappa shape index (κ2) is 6.73. The van der Waals surface area contributed by atoms with Gasteiger partial charge in [-0.2, -0.15) is 13.2 Å². The number of alkyl halides is 3. The highest BCUT2D eigenvalue weighted by atomic mass is 19.4. The van der Waals surface area contributed by atoms with E-state index in [4.69, 9.17) is 4.74 Å². The maximum absolute atomic E-state index is 12.8. The number of nitrogens with zero attached hydrogens (tertiary/aromatic N) is 3. The predicted octanol–water partition coefficient (Wildman–Crippen LogP) is 3.09. The average Bonchev–Trinajstić information content (AvgIpc) is 2.91. The normalized spacial score (nSPS) is 12.1. The van der Waals surface area contributed by atoms with Gasteiger partial charge in [-0.25, -0.2) is 14.5 Å². The number of esters is 1. The van der Waals surface area contributed by atoms with Gasteiger partial charge in [0.1, 0.15) is 12.1 Å². The minimum atomic E-state index is -4.60. The highest BCUT2D eigenvalue weighted by molar-refractivity contribution is 5.85. The molecule has 0 bridgehead atoms. The van der Waals surface area contributed by atoms with Crippen molar-refractivity contribution in [3.8, 4) is 17.1 Å². The summed E-state index contributed by atoms with van der Waals surface area (Å²) in [6, 6.07) is 2.56. The topological polar surface area (TPSA) is 77.2 Å². The van der Waals surface area contributed by atoms with Crippen molar-refractivity contribution in [3.63, 3.8) is 0 Å². The molecule has 0 amide bonds. The standard InChI is InChI=1S/C15H14F3N3O3/c1-9(2)24-13(23)3-4-21-8-19-14(20-21)10-5-11(15(16,17)18)7-12(22)6-10/h3-9,22H,1-2H3. The number of hydrogen-bond donors (Lipinski definition) is 1. The Morgan fingerprint density at radius 2 is 2.04 bits per heavy atom. The molecule has 0 unspecified atom stereocenters. The minimum absolute atomic E-state index is 0.000711. The van der Waals surface area contributed by atoms with E-state index in [0.29, 0.717) is 6.07 Å². The van der Waals surface area contributed by atoms with Crippen molar-refractivity contribution in [2.45, 2.75) is 26.1 Å². The van der Waals surface area contributed by atoms with Gasteiger partial charge in [0, 0.05) is 17.8 Å². The number of carbonyl (C=O) groups is 1. The molecule has 24 heavy (non-hydrogen) atoms. The molecule has 6 nitrogen and oxygen atoms in total. The molecule has 2 aromatic rings. The molecule has 0 saturated heterocycles. The Bertz CT molecular complexity index is 767. The second-order valence-electron chi connectivity index (χ2n) is 5.12. The van der Waals surface area contributed by atoms with E-state index in [1.165, 1.54) is 12.5 Å². The number of aromatic hydroxyl groups is 1. The Morgan fingerprint density at radius 3 is 2.67 bits per heavy atom. The van der Waals surface area contributed by atoms with Crippen LogP contribution in [-0.2, 0) is 15.7 Å².